The highest BCUT2D eigenvalue weighted by atomic mass is 35.5. The van der Waals surface area contributed by atoms with Crippen LogP contribution < -0.4 is 15.5 Å². The van der Waals surface area contributed by atoms with Gasteiger partial charge >= 0.3 is 6.03 Å². The summed E-state index contributed by atoms with van der Waals surface area (Å²) in [7, 11) is 0. The van der Waals surface area contributed by atoms with Gasteiger partial charge in [-0.2, -0.15) is 4.37 Å². The zero-order valence-electron chi connectivity index (χ0n) is 17.4. The fraction of sp³-hybridized carbons (Fsp3) is 0.318. The van der Waals surface area contributed by atoms with Crippen molar-refractivity contribution >= 4 is 40.0 Å². The van der Waals surface area contributed by atoms with E-state index >= 15 is 0 Å². The van der Waals surface area contributed by atoms with Crippen LogP contribution in [0.4, 0.5) is 20.0 Å². The molecule has 2 aromatic carbocycles. The SMILES string of the molecule is O=C(NCCN1CCN(c2nc(Cc3ccc(Cl)cc3)ns2)CC1)Nc1ccccc1F. The number of para-hydroxylation sites is 1. The summed E-state index contributed by atoms with van der Waals surface area (Å²) in [5.74, 6) is 0.367. The van der Waals surface area contributed by atoms with E-state index in [0.29, 0.717) is 13.0 Å². The fourth-order valence-electron chi connectivity index (χ4n) is 3.45. The second-order valence-electron chi connectivity index (χ2n) is 7.49. The van der Waals surface area contributed by atoms with E-state index in [9.17, 15) is 9.18 Å². The van der Waals surface area contributed by atoms with Crippen LogP contribution in [-0.4, -0.2) is 59.6 Å². The number of carbonyl (C=O) groups is 1. The van der Waals surface area contributed by atoms with Gasteiger partial charge in [-0.15, -0.1) is 0 Å². The van der Waals surface area contributed by atoms with Gasteiger partial charge < -0.3 is 15.5 Å². The van der Waals surface area contributed by atoms with Crippen LogP contribution >= 0.6 is 23.1 Å². The number of hydrogen-bond donors (Lipinski definition) is 2. The van der Waals surface area contributed by atoms with Gasteiger partial charge in [0.15, 0.2) is 0 Å². The number of anilines is 2. The number of rotatable bonds is 7. The molecule has 1 aliphatic rings. The Kier molecular flexibility index (Phi) is 7.51. The molecule has 7 nitrogen and oxygen atoms in total. The molecular formula is C22H24ClFN6OS. The second-order valence-corrected chi connectivity index (χ2v) is 8.65. The van der Waals surface area contributed by atoms with Crippen molar-refractivity contribution < 1.29 is 9.18 Å². The molecular weight excluding hydrogens is 451 g/mol. The van der Waals surface area contributed by atoms with Crippen LogP contribution in [0.25, 0.3) is 0 Å². The van der Waals surface area contributed by atoms with Gasteiger partial charge in [0.1, 0.15) is 11.6 Å². The van der Waals surface area contributed by atoms with Crippen LogP contribution in [0.1, 0.15) is 11.4 Å². The number of aromatic nitrogens is 2. The summed E-state index contributed by atoms with van der Waals surface area (Å²) in [5.41, 5.74) is 1.31. The maximum Gasteiger partial charge on any atom is 0.319 e. The minimum atomic E-state index is -0.452. The van der Waals surface area contributed by atoms with E-state index in [1.807, 2.05) is 24.3 Å². The summed E-state index contributed by atoms with van der Waals surface area (Å²) in [6.07, 6.45) is 0.689. The molecule has 0 unspecified atom stereocenters. The molecule has 0 aliphatic carbocycles. The van der Waals surface area contributed by atoms with Gasteiger partial charge in [-0.25, -0.2) is 14.2 Å². The third-order valence-corrected chi connectivity index (χ3v) is 6.28. The summed E-state index contributed by atoms with van der Waals surface area (Å²) < 4.78 is 18.1. The molecule has 10 heteroatoms. The Bertz CT molecular complexity index is 1040. The molecule has 168 valence electrons. The predicted molar refractivity (Wildman–Crippen MR) is 126 cm³/mol. The number of amides is 2. The van der Waals surface area contributed by atoms with Gasteiger partial charge in [-0.05, 0) is 29.8 Å². The average Bonchev–Trinajstić information content (AvgIpc) is 3.26. The number of urea groups is 1. The van der Waals surface area contributed by atoms with Crippen LogP contribution in [-0.2, 0) is 6.42 Å². The summed E-state index contributed by atoms with van der Waals surface area (Å²) in [6.45, 7) is 4.69. The molecule has 4 rings (SSSR count). The molecule has 1 aliphatic heterocycles. The second kappa shape index (κ2) is 10.7. The van der Waals surface area contributed by atoms with Crippen molar-refractivity contribution in [2.24, 2.45) is 0 Å². The first-order valence-electron chi connectivity index (χ1n) is 10.4. The maximum atomic E-state index is 13.6. The van der Waals surface area contributed by atoms with Gasteiger partial charge in [0.2, 0.25) is 5.13 Å². The molecule has 0 spiro atoms. The highest BCUT2D eigenvalue weighted by Gasteiger charge is 2.20. The van der Waals surface area contributed by atoms with Gasteiger partial charge in [-0.1, -0.05) is 35.9 Å². The first-order chi connectivity index (χ1) is 15.6. The van der Waals surface area contributed by atoms with E-state index in [-0.39, 0.29) is 5.69 Å². The van der Waals surface area contributed by atoms with Crippen molar-refractivity contribution in [3.05, 3.63) is 70.8 Å². The van der Waals surface area contributed by atoms with Gasteiger partial charge in [-0.3, -0.25) is 4.90 Å². The van der Waals surface area contributed by atoms with Crippen LogP contribution in [0.5, 0.6) is 0 Å². The third-order valence-electron chi connectivity index (χ3n) is 5.21. The van der Waals surface area contributed by atoms with Crippen molar-refractivity contribution in [2.45, 2.75) is 6.42 Å². The Hall–Kier alpha value is -2.75. The van der Waals surface area contributed by atoms with Gasteiger partial charge in [0.25, 0.3) is 0 Å². The lowest BCUT2D eigenvalue weighted by Gasteiger charge is -2.34. The van der Waals surface area contributed by atoms with Gasteiger partial charge in [0, 0.05) is 62.2 Å². The summed E-state index contributed by atoms with van der Waals surface area (Å²) in [5, 5.41) is 6.97. The quantitative estimate of drug-likeness (QED) is 0.544. The van der Waals surface area contributed by atoms with E-state index in [1.165, 1.54) is 23.7 Å². The Morgan fingerprint density at radius 1 is 1.09 bits per heavy atom. The number of piperazine rings is 1. The van der Waals surface area contributed by atoms with Crippen LogP contribution in [0, 0.1) is 5.82 Å². The zero-order valence-corrected chi connectivity index (χ0v) is 19.0. The Balaban J connectivity index is 1.18. The Labute approximate surface area is 195 Å². The van der Waals surface area contributed by atoms with Crippen molar-refractivity contribution in [1.82, 2.24) is 19.6 Å². The van der Waals surface area contributed by atoms with Crippen molar-refractivity contribution in [1.29, 1.82) is 0 Å². The van der Waals surface area contributed by atoms with E-state index in [1.54, 1.807) is 12.1 Å². The topological polar surface area (TPSA) is 73.4 Å². The van der Waals surface area contributed by atoms with E-state index in [2.05, 4.69) is 24.8 Å². The number of benzene rings is 2. The lowest BCUT2D eigenvalue weighted by Crippen LogP contribution is -2.48. The van der Waals surface area contributed by atoms with Crippen LogP contribution in [0.15, 0.2) is 48.5 Å². The first kappa shape index (κ1) is 22.4. The molecule has 1 saturated heterocycles. The Morgan fingerprint density at radius 2 is 1.84 bits per heavy atom. The van der Waals surface area contributed by atoms with Crippen LogP contribution in [0.2, 0.25) is 5.02 Å². The highest BCUT2D eigenvalue weighted by Crippen LogP contribution is 2.21. The molecule has 0 saturated carbocycles. The summed E-state index contributed by atoms with van der Waals surface area (Å²) in [6, 6.07) is 13.4. The van der Waals surface area contributed by atoms with E-state index in [4.69, 9.17) is 16.6 Å². The van der Waals surface area contributed by atoms with Crippen molar-refractivity contribution in [3.8, 4) is 0 Å². The molecule has 0 atom stereocenters. The van der Waals surface area contributed by atoms with Crippen molar-refractivity contribution in [3.63, 3.8) is 0 Å². The molecule has 3 aromatic rings. The lowest BCUT2D eigenvalue weighted by atomic mass is 10.1. The molecule has 32 heavy (non-hydrogen) atoms. The minimum absolute atomic E-state index is 0.172. The molecule has 1 aromatic heterocycles. The first-order valence-corrected chi connectivity index (χ1v) is 11.6. The normalized spacial score (nSPS) is 14.4. The standard InChI is InChI=1S/C22H24ClFN6OS/c23-17-7-5-16(6-8-17)15-20-27-22(32-28-20)30-13-11-29(12-14-30)10-9-25-21(31)26-19-4-2-1-3-18(19)24/h1-8H,9-15H2,(H2,25,26,31). The van der Waals surface area contributed by atoms with Gasteiger partial charge in [0.05, 0.1) is 5.69 Å². The number of hydrogen-bond acceptors (Lipinski definition) is 6. The van der Waals surface area contributed by atoms with E-state index < -0.39 is 11.8 Å². The maximum absolute atomic E-state index is 13.6. The fourth-order valence-corrected chi connectivity index (χ4v) is 4.31. The monoisotopic (exact) mass is 474 g/mol. The zero-order chi connectivity index (χ0) is 22.3. The summed E-state index contributed by atoms with van der Waals surface area (Å²) >= 11 is 7.37. The lowest BCUT2D eigenvalue weighted by molar-refractivity contribution is 0.240. The molecule has 2 heterocycles. The highest BCUT2D eigenvalue weighted by molar-refractivity contribution is 7.09. The minimum Gasteiger partial charge on any atom is -0.344 e. The molecule has 0 radical (unpaired) electrons. The molecule has 2 amide bonds. The number of nitrogens with one attached hydrogen (secondary N) is 2. The average molecular weight is 475 g/mol. The molecule has 1 fully saturated rings. The van der Waals surface area contributed by atoms with E-state index in [0.717, 1.165) is 54.3 Å². The third kappa shape index (κ3) is 6.15. The smallest absolute Gasteiger partial charge is 0.319 e. The number of nitrogens with zero attached hydrogens (tertiary/aromatic N) is 4. The Morgan fingerprint density at radius 3 is 2.59 bits per heavy atom. The number of halogens is 2. The van der Waals surface area contributed by atoms with Crippen molar-refractivity contribution in [2.75, 3.05) is 49.5 Å². The largest absolute Gasteiger partial charge is 0.344 e. The summed E-state index contributed by atoms with van der Waals surface area (Å²) in [4.78, 5) is 21.2. The molecule has 2 N–H and O–H groups in total. The molecule has 0 bridgehead atoms. The number of carbonyl (C=O) groups excluding carboxylic acids is 1. The predicted octanol–water partition coefficient (Wildman–Crippen LogP) is 3.87. The van der Waals surface area contributed by atoms with Crippen LogP contribution in [0.3, 0.4) is 0 Å².